The van der Waals surface area contributed by atoms with E-state index in [0.717, 1.165) is 3.70 Å². The fourth-order valence-corrected chi connectivity index (χ4v) is 1.03. The summed E-state index contributed by atoms with van der Waals surface area (Å²) in [5.41, 5.74) is 6.28. The third-order valence-electron chi connectivity index (χ3n) is 1.13. The van der Waals surface area contributed by atoms with Crippen LogP contribution in [0.3, 0.4) is 0 Å². The summed E-state index contributed by atoms with van der Waals surface area (Å²) in [5, 5.41) is 7.29. The van der Waals surface area contributed by atoms with E-state index < -0.39 is 0 Å². The Bertz CT molecular complexity index is 297. The van der Waals surface area contributed by atoms with Crippen molar-refractivity contribution < 1.29 is 0 Å². The van der Waals surface area contributed by atoms with Crippen LogP contribution in [-0.2, 0) is 0 Å². The normalized spacial score (nSPS) is 9.64. The van der Waals surface area contributed by atoms with E-state index in [4.69, 9.17) is 11.1 Å². The van der Waals surface area contributed by atoms with E-state index in [2.05, 4.69) is 9.97 Å². The van der Waals surface area contributed by atoms with Crippen LogP contribution >= 0.6 is 22.6 Å². The number of halogens is 1. The van der Waals surface area contributed by atoms with Crippen LogP contribution in [0.1, 0.15) is 12.6 Å². The lowest BCUT2D eigenvalue weighted by Crippen LogP contribution is -2.06. The van der Waals surface area contributed by atoms with Gasteiger partial charge >= 0.3 is 0 Å². The van der Waals surface area contributed by atoms with Gasteiger partial charge in [-0.2, -0.15) is 0 Å². The molecule has 0 saturated heterocycles. The fourth-order valence-electron chi connectivity index (χ4n) is 0.653. The smallest absolute Gasteiger partial charge is 0.151 e. The molecule has 1 heterocycles. The molecule has 1 aromatic rings. The van der Waals surface area contributed by atoms with Gasteiger partial charge < -0.3 is 11.1 Å². The number of nitrogens with zero attached hydrogens (tertiary/aromatic N) is 2. The molecule has 5 heteroatoms. The molecule has 0 aliphatic carbocycles. The van der Waals surface area contributed by atoms with E-state index in [1.165, 1.54) is 0 Å². The van der Waals surface area contributed by atoms with Gasteiger partial charge in [-0.1, -0.05) is 0 Å². The van der Waals surface area contributed by atoms with Crippen LogP contribution in [0.25, 0.3) is 0 Å². The van der Waals surface area contributed by atoms with Gasteiger partial charge in [0.05, 0.1) is 11.9 Å². The van der Waals surface area contributed by atoms with E-state index in [0.29, 0.717) is 17.2 Å². The van der Waals surface area contributed by atoms with E-state index >= 15 is 0 Å². The van der Waals surface area contributed by atoms with E-state index in [9.17, 15) is 0 Å². The molecule has 0 amide bonds. The Kier molecular flexibility index (Phi) is 2.38. The van der Waals surface area contributed by atoms with Gasteiger partial charge in [0.2, 0.25) is 0 Å². The molecule has 0 aliphatic rings. The summed E-state index contributed by atoms with van der Waals surface area (Å²) in [6.45, 7) is 1.64. The Morgan fingerprint density at radius 1 is 1.73 bits per heavy atom. The van der Waals surface area contributed by atoms with Gasteiger partial charge in [0.25, 0.3) is 0 Å². The van der Waals surface area contributed by atoms with Crippen LogP contribution in [-0.4, -0.2) is 15.7 Å². The van der Waals surface area contributed by atoms with Crippen molar-refractivity contribution in [1.82, 2.24) is 9.97 Å². The summed E-state index contributed by atoms with van der Waals surface area (Å²) in [5.74, 6) is 0.318. The molecule has 0 atom stereocenters. The average Bonchev–Trinajstić information content (AvgIpc) is 1.94. The maximum atomic E-state index is 7.29. The van der Waals surface area contributed by atoms with Crippen molar-refractivity contribution in [2.24, 2.45) is 0 Å². The molecule has 1 aromatic heterocycles. The van der Waals surface area contributed by atoms with E-state index in [-0.39, 0.29) is 0 Å². The Morgan fingerprint density at radius 2 is 2.36 bits per heavy atom. The van der Waals surface area contributed by atoms with Crippen molar-refractivity contribution in [2.75, 3.05) is 5.73 Å². The molecule has 0 saturated carbocycles. The van der Waals surface area contributed by atoms with Crippen LogP contribution in [0.5, 0.6) is 0 Å². The largest absolute Gasteiger partial charge is 0.382 e. The molecule has 11 heavy (non-hydrogen) atoms. The second-order valence-electron chi connectivity index (χ2n) is 2.05. The average molecular weight is 262 g/mol. The zero-order valence-electron chi connectivity index (χ0n) is 5.93. The molecule has 0 radical (unpaired) electrons. The van der Waals surface area contributed by atoms with Gasteiger partial charge in [-0.25, -0.2) is 9.97 Å². The molecule has 0 unspecified atom stereocenters. The second kappa shape index (κ2) is 3.12. The number of rotatable bonds is 1. The molecule has 0 spiro atoms. The molecule has 1 rings (SSSR count). The summed E-state index contributed by atoms with van der Waals surface area (Å²) >= 11 is 2.03. The Balaban J connectivity index is 3.23. The molecule has 0 aliphatic heterocycles. The van der Waals surface area contributed by atoms with Crippen molar-refractivity contribution >= 4 is 34.1 Å². The number of nitrogens with two attached hydrogens (primary N) is 1. The fraction of sp³-hybridized carbons (Fsp3) is 0.167. The van der Waals surface area contributed by atoms with Crippen LogP contribution in [0.2, 0.25) is 0 Å². The summed E-state index contributed by atoms with van der Waals surface area (Å²) in [6, 6.07) is 0. The highest BCUT2D eigenvalue weighted by molar-refractivity contribution is 14.1. The zero-order chi connectivity index (χ0) is 8.43. The van der Waals surface area contributed by atoms with Crippen molar-refractivity contribution in [1.29, 1.82) is 5.41 Å². The molecule has 4 nitrogen and oxygen atoms in total. The highest BCUT2D eigenvalue weighted by Crippen LogP contribution is 2.07. The number of aromatic nitrogens is 2. The van der Waals surface area contributed by atoms with Gasteiger partial charge in [0, 0.05) is 0 Å². The molecule has 3 N–H and O–H groups in total. The molecule has 0 fully saturated rings. The van der Waals surface area contributed by atoms with Gasteiger partial charge in [-0.3, -0.25) is 0 Å². The summed E-state index contributed by atoms with van der Waals surface area (Å²) in [6.07, 6.45) is 1.57. The summed E-state index contributed by atoms with van der Waals surface area (Å²) < 4.78 is 0.749. The highest BCUT2D eigenvalue weighted by atomic mass is 127. The first-order valence-electron chi connectivity index (χ1n) is 2.95. The van der Waals surface area contributed by atoms with E-state index in [1.54, 1.807) is 13.1 Å². The SMILES string of the molecule is CC(=N)c1nc(I)cnc1N. The van der Waals surface area contributed by atoms with Crippen molar-refractivity contribution in [3.63, 3.8) is 0 Å². The van der Waals surface area contributed by atoms with Crippen LogP contribution in [0, 0.1) is 9.11 Å². The number of hydrogen-bond acceptors (Lipinski definition) is 4. The van der Waals surface area contributed by atoms with Crippen molar-refractivity contribution in [3.05, 3.63) is 15.6 Å². The number of nitrogen functional groups attached to an aromatic ring is 1. The predicted molar refractivity (Wildman–Crippen MR) is 51.7 cm³/mol. The predicted octanol–water partition coefficient (Wildman–Crippen LogP) is 1.05. The molecular formula is C6H7IN4. The zero-order valence-corrected chi connectivity index (χ0v) is 8.08. The third-order valence-corrected chi connectivity index (χ3v) is 1.65. The van der Waals surface area contributed by atoms with Crippen LogP contribution in [0.15, 0.2) is 6.20 Å². The lowest BCUT2D eigenvalue weighted by Gasteiger charge is -2.00. The number of nitrogens with one attached hydrogen (secondary N) is 1. The standard InChI is InChI=1S/C6H7IN4/c1-3(8)5-6(9)10-2-4(7)11-5/h2,8H,1H3,(H2,9,10). The lowest BCUT2D eigenvalue weighted by molar-refractivity contribution is 1.14. The van der Waals surface area contributed by atoms with Crippen LogP contribution < -0.4 is 5.73 Å². The monoisotopic (exact) mass is 262 g/mol. The first-order chi connectivity index (χ1) is 5.11. The summed E-state index contributed by atoms with van der Waals surface area (Å²) in [4.78, 5) is 7.91. The Morgan fingerprint density at radius 3 is 2.82 bits per heavy atom. The Hall–Kier alpha value is -0.720. The van der Waals surface area contributed by atoms with Crippen LogP contribution in [0.4, 0.5) is 5.82 Å². The van der Waals surface area contributed by atoms with E-state index in [1.807, 2.05) is 22.6 Å². The Labute approximate surface area is 77.9 Å². The van der Waals surface area contributed by atoms with Crippen molar-refractivity contribution in [2.45, 2.75) is 6.92 Å². The van der Waals surface area contributed by atoms with Gasteiger partial charge in [0.15, 0.2) is 5.82 Å². The molecule has 58 valence electrons. The minimum absolute atomic E-state index is 0.318. The van der Waals surface area contributed by atoms with Gasteiger partial charge in [0.1, 0.15) is 9.39 Å². The number of anilines is 1. The second-order valence-corrected chi connectivity index (χ2v) is 3.16. The lowest BCUT2D eigenvalue weighted by atomic mass is 10.3. The summed E-state index contributed by atoms with van der Waals surface area (Å²) in [7, 11) is 0. The first kappa shape index (κ1) is 8.38. The van der Waals surface area contributed by atoms with Crippen molar-refractivity contribution in [3.8, 4) is 0 Å². The molecule has 0 aromatic carbocycles. The maximum Gasteiger partial charge on any atom is 0.151 e. The highest BCUT2D eigenvalue weighted by Gasteiger charge is 2.04. The first-order valence-corrected chi connectivity index (χ1v) is 4.02. The maximum absolute atomic E-state index is 7.29. The molecular weight excluding hydrogens is 255 g/mol. The van der Waals surface area contributed by atoms with Gasteiger partial charge in [-0.15, -0.1) is 0 Å². The number of hydrogen-bond donors (Lipinski definition) is 2. The third kappa shape index (κ3) is 1.86. The quantitative estimate of drug-likeness (QED) is 0.586. The minimum Gasteiger partial charge on any atom is -0.382 e. The molecule has 0 bridgehead atoms. The topological polar surface area (TPSA) is 75.7 Å². The van der Waals surface area contributed by atoms with Gasteiger partial charge in [-0.05, 0) is 29.5 Å². The minimum atomic E-state index is 0.318.